The van der Waals surface area contributed by atoms with Crippen LogP contribution in [0.2, 0.25) is 0 Å². The van der Waals surface area contributed by atoms with Gasteiger partial charge in [0.1, 0.15) is 5.75 Å². The summed E-state index contributed by atoms with van der Waals surface area (Å²) in [5.74, 6) is 0.842. The Morgan fingerprint density at radius 3 is 2.62 bits per heavy atom. The Bertz CT molecular complexity index is 878. The van der Waals surface area contributed by atoms with Gasteiger partial charge in [-0.3, -0.25) is 4.68 Å². The molecule has 2 aromatic carbocycles. The van der Waals surface area contributed by atoms with Crippen LogP contribution in [0.15, 0.2) is 54.6 Å². The predicted octanol–water partition coefficient (Wildman–Crippen LogP) is 4.37. The van der Waals surface area contributed by atoms with Gasteiger partial charge in [0, 0.05) is 16.6 Å². The summed E-state index contributed by atoms with van der Waals surface area (Å²) in [4.78, 5) is 0. The molecule has 0 radical (unpaired) electrons. The van der Waals surface area contributed by atoms with Crippen LogP contribution >= 0.6 is 15.9 Å². The summed E-state index contributed by atoms with van der Waals surface area (Å²) in [5, 5.41) is 14.5. The topological polar surface area (TPSA) is 50.8 Å². The molecule has 0 atom stereocenters. The van der Waals surface area contributed by atoms with E-state index in [4.69, 9.17) is 15.1 Å². The van der Waals surface area contributed by atoms with Crippen molar-refractivity contribution in [2.45, 2.75) is 11.9 Å². The Morgan fingerprint density at radius 2 is 1.96 bits per heavy atom. The highest BCUT2D eigenvalue weighted by Gasteiger charge is 2.10. The third-order valence-corrected chi connectivity index (χ3v) is 4.35. The van der Waals surface area contributed by atoms with Crippen LogP contribution in [0.25, 0.3) is 11.3 Å². The summed E-state index contributed by atoms with van der Waals surface area (Å²) >= 11 is 3.53. The molecule has 120 valence electrons. The quantitative estimate of drug-likeness (QED) is 0.616. The minimum atomic E-state index is 0.637. The molecule has 0 fully saturated rings. The Hall–Kier alpha value is -2.58. The van der Waals surface area contributed by atoms with E-state index in [2.05, 4.69) is 28.1 Å². The zero-order valence-electron chi connectivity index (χ0n) is 13.2. The largest absolute Gasteiger partial charge is 0.497 e. The fourth-order valence-electron chi connectivity index (χ4n) is 2.49. The minimum absolute atomic E-state index is 0.637. The zero-order valence-corrected chi connectivity index (χ0v) is 14.8. The molecule has 24 heavy (non-hydrogen) atoms. The Kier molecular flexibility index (Phi) is 4.97. The van der Waals surface area contributed by atoms with Crippen LogP contribution in [0, 0.1) is 11.3 Å². The van der Waals surface area contributed by atoms with E-state index in [1.54, 1.807) is 13.2 Å². The number of benzene rings is 2. The second kappa shape index (κ2) is 7.33. The van der Waals surface area contributed by atoms with Crippen LogP contribution in [0.3, 0.4) is 0 Å². The molecule has 0 spiro atoms. The molecule has 0 N–H and O–H groups in total. The summed E-state index contributed by atoms with van der Waals surface area (Å²) < 4.78 is 7.17. The third kappa shape index (κ3) is 3.50. The van der Waals surface area contributed by atoms with Gasteiger partial charge >= 0.3 is 0 Å². The smallest absolute Gasteiger partial charge is 0.118 e. The summed E-state index contributed by atoms with van der Waals surface area (Å²) in [6, 6.07) is 19.7. The van der Waals surface area contributed by atoms with E-state index in [1.807, 2.05) is 47.1 Å². The van der Waals surface area contributed by atoms with E-state index in [1.165, 1.54) is 0 Å². The number of methoxy groups -OCH3 is 1. The van der Waals surface area contributed by atoms with E-state index in [0.29, 0.717) is 17.4 Å². The van der Waals surface area contributed by atoms with Crippen molar-refractivity contribution in [2.75, 3.05) is 7.11 Å². The summed E-state index contributed by atoms with van der Waals surface area (Å²) in [5.41, 5.74) is 4.69. The van der Waals surface area contributed by atoms with Crippen molar-refractivity contribution >= 4 is 15.9 Å². The van der Waals surface area contributed by atoms with Gasteiger partial charge in [-0.2, -0.15) is 10.4 Å². The van der Waals surface area contributed by atoms with Crippen molar-refractivity contribution < 1.29 is 4.74 Å². The monoisotopic (exact) mass is 381 g/mol. The van der Waals surface area contributed by atoms with Crippen molar-refractivity contribution in [2.24, 2.45) is 0 Å². The molecule has 0 amide bonds. The van der Waals surface area contributed by atoms with Crippen molar-refractivity contribution in [3.05, 3.63) is 71.4 Å². The highest BCUT2D eigenvalue weighted by atomic mass is 79.9. The average Bonchev–Trinajstić information content (AvgIpc) is 3.05. The van der Waals surface area contributed by atoms with Crippen LogP contribution in [-0.4, -0.2) is 16.9 Å². The van der Waals surface area contributed by atoms with Crippen LogP contribution in [-0.2, 0) is 11.9 Å². The van der Waals surface area contributed by atoms with Crippen molar-refractivity contribution in [3.8, 4) is 23.1 Å². The summed E-state index contributed by atoms with van der Waals surface area (Å²) in [6.07, 6.45) is 0. The lowest BCUT2D eigenvalue weighted by Gasteiger charge is -2.06. The van der Waals surface area contributed by atoms with E-state index in [-0.39, 0.29) is 0 Å². The molecule has 3 rings (SSSR count). The maximum absolute atomic E-state index is 9.06. The maximum Gasteiger partial charge on any atom is 0.118 e. The molecule has 1 heterocycles. The van der Waals surface area contributed by atoms with E-state index < -0.39 is 0 Å². The van der Waals surface area contributed by atoms with Gasteiger partial charge in [-0.25, -0.2) is 0 Å². The first kappa shape index (κ1) is 16.3. The molecule has 0 saturated carbocycles. The van der Waals surface area contributed by atoms with Gasteiger partial charge in [0.15, 0.2) is 0 Å². The first-order chi connectivity index (χ1) is 11.7. The van der Waals surface area contributed by atoms with E-state index >= 15 is 0 Å². The van der Waals surface area contributed by atoms with Crippen LogP contribution < -0.4 is 4.74 Å². The molecule has 3 aromatic rings. The Balaban J connectivity index is 1.90. The second-order valence-electron chi connectivity index (χ2n) is 5.35. The maximum atomic E-state index is 9.06. The van der Waals surface area contributed by atoms with Crippen molar-refractivity contribution in [1.29, 1.82) is 5.26 Å². The SMILES string of the molecule is COc1ccc(Cn2nc(-c3cccc(C#N)c3)cc2CBr)cc1. The normalized spacial score (nSPS) is 10.4. The van der Waals surface area contributed by atoms with E-state index in [0.717, 1.165) is 28.3 Å². The van der Waals surface area contributed by atoms with Gasteiger partial charge in [0.25, 0.3) is 0 Å². The van der Waals surface area contributed by atoms with Gasteiger partial charge < -0.3 is 4.74 Å². The standard InChI is InChI=1S/C19H16BrN3O/c1-24-18-7-5-14(6-8-18)13-23-17(11-20)10-19(22-23)16-4-2-3-15(9-16)12-21/h2-10H,11,13H2,1H3. The van der Waals surface area contributed by atoms with Crippen molar-refractivity contribution in [3.63, 3.8) is 0 Å². The Labute approximate surface area is 149 Å². The number of rotatable bonds is 5. The molecular weight excluding hydrogens is 366 g/mol. The number of ether oxygens (including phenoxy) is 1. The highest BCUT2D eigenvalue weighted by Crippen LogP contribution is 2.22. The molecular formula is C19H16BrN3O. The number of alkyl halides is 1. The second-order valence-corrected chi connectivity index (χ2v) is 5.91. The molecule has 1 aromatic heterocycles. The fraction of sp³-hybridized carbons (Fsp3) is 0.158. The lowest BCUT2D eigenvalue weighted by Crippen LogP contribution is -2.05. The Morgan fingerprint density at radius 1 is 1.17 bits per heavy atom. The van der Waals surface area contributed by atoms with Crippen LogP contribution in [0.1, 0.15) is 16.8 Å². The molecule has 0 aliphatic heterocycles. The number of nitriles is 1. The fourth-order valence-corrected chi connectivity index (χ4v) is 2.94. The van der Waals surface area contributed by atoms with Gasteiger partial charge in [-0.05, 0) is 35.9 Å². The summed E-state index contributed by atoms with van der Waals surface area (Å²) in [7, 11) is 1.66. The average molecular weight is 382 g/mol. The van der Waals surface area contributed by atoms with Crippen molar-refractivity contribution in [1.82, 2.24) is 9.78 Å². The number of nitrogens with zero attached hydrogens (tertiary/aromatic N) is 3. The van der Waals surface area contributed by atoms with Crippen LogP contribution in [0.5, 0.6) is 5.75 Å². The molecule has 0 unspecified atom stereocenters. The third-order valence-electron chi connectivity index (χ3n) is 3.78. The minimum Gasteiger partial charge on any atom is -0.497 e. The lowest BCUT2D eigenvalue weighted by molar-refractivity contribution is 0.414. The van der Waals surface area contributed by atoms with E-state index in [9.17, 15) is 0 Å². The molecule has 0 aliphatic rings. The number of hydrogen-bond acceptors (Lipinski definition) is 3. The first-order valence-corrected chi connectivity index (χ1v) is 8.62. The van der Waals surface area contributed by atoms with Gasteiger partial charge in [-0.1, -0.05) is 40.2 Å². The number of halogens is 1. The highest BCUT2D eigenvalue weighted by molar-refractivity contribution is 9.08. The number of hydrogen-bond donors (Lipinski definition) is 0. The molecule has 5 heteroatoms. The lowest BCUT2D eigenvalue weighted by atomic mass is 10.1. The zero-order chi connectivity index (χ0) is 16.9. The summed E-state index contributed by atoms with van der Waals surface area (Å²) in [6.45, 7) is 0.683. The first-order valence-electron chi connectivity index (χ1n) is 7.49. The van der Waals surface area contributed by atoms with Gasteiger partial charge in [0.05, 0.1) is 31.0 Å². The number of aromatic nitrogens is 2. The molecule has 4 nitrogen and oxygen atoms in total. The predicted molar refractivity (Wildman–Crippen MR) is 97.1 cm³/mol. The molecule has 0 aliphatic carbocycles. The molecule has 0 bridgehead atoms. The molecule has 0 saturated heterocycles. The van der Waals surface area contributed by atoms with Gasteiger partial charge in [-0.15, -0.1) is 0 Å². The van der Waals surface area contributed by atoms with Gasteiger partial charge in [0.2, 0.25) is 0 Å². The van der Waals surface area contributed by atoms with Crippen LogP contribution in [0.4, 0.5) is 0 Å².